The molecule has 0 radical (unpaired) electrons. The van der Waals surface area contributed by atoms with Crippen molar-refractivity contribution in [1.29, 1.82) is 5.26 Å². The zero-order valence-electron chi connectivity index (χ0n) is 9.19. The van der Waals surface area contributed by atoms with Gasteiger partial charge in [-0.05, 0) is 30.7 Å². The lowest BCUT2D eigenvalue weighted by molar-refractivity contribution is 0.475. The molecule has 0 bridgehead atoms. The number of aryl methyl sites for hydroxylation is 1. The highest BCUT2D eigenvalue weighted by Crippen LogP contribution is 2.23. The molecule has 1 aromatic heterocycles. The van der Waals surface area contributed by atoms with E-state index in [9.17, 15) is 9.90 Å². The number of nitrogens with one attached hydrogen (secondary N) is 1. The smallest absolute Gasteiger partial charge is 0.266 e. The Bertz CT molecular complexity index is 649. The Morgan fingerprint density at radius 3 is 2.53 bits per heavy atom. The zero-order chi connectivity index (χ0) is 12.4. The van der Waals surface area contributed by atoms with E-state index in [4.69, 9.17) is 5.26 Å². The Morgan fingerprint density at radius 2 is 1.94 bits per heavy atom. The molecule has 1 aromatic carbocycles. The topological polar surface area (TPSA) is 76.9 Å². The Labute approximate surface area is 97.8 Å². The number of aromatic amines is 1. The van der Waals surface area contributed by atoms with Crippen LogP contribution >= 0.6 is 0 Å². The number of nitrogens with zero attached hydrogens (tertiary/aromatic N) is 1. The molecule has 0 saturated heterocycles. The van der Waals surface area contributed by atoms with Crippen LogP contribution in [0.15, 0.2) is 35.1 Å². The van der Waals surface area contributed by atoms with E-state index in [2.05, 4.69) is 4.98 Å². The highest BCUT2D eigenvalue weighted by molar-refractivity contribution is 5.67. The van der Waals surface area contributed by atoms with Gasteiger partial charge in [-0.1, -0.05) is 12.1 Å². The molecule has 2 N–H and O–H groups in total. The molecular formula is C13H10N2O2. The minimum atomic E-state index is -0.382. The molecule has 4 nitrogen and oxygen atoms in total. The number of hydrogen-bond donors (Lipinski definition) is 2. The van der Waals surface area contributed by atoms with Gasteiger partial charge in [0.25, 0.3) is 5.56 Å². The van der Waals surface area contributed by atoms with Crippen molar-refractivity contribution in [1.82, 2.24) is 4.98 Å². The molecule has 2 rings (SSSR count). The lowest BCUT2D eigenvalue weighted by Crippen LogP contribution is -2.11. The van der Waals surface area contributed by atoms with Crippen LogP contribution in [0.4, 0.5) is 0 Å². The van der Waals surface area contributed by atoms with Gasteiger partial charge in [0, 0.05) is 11.3 Å². The maximum Gasteiger partial charge on any atom is 0.266 e. The number of pyridine rings is 1. The van der Waals surface area contributed by atoms with Crippen LogP contribution in [0.5, 0.6) is 5.75 Å². The first-order valence-corrected chi connectivity index (χ1v) is 5.05. The van der Waals surface area contributed by atoms with Crippen molar-refractivity contribution in [2.75, 3.05) is 0 Å². The number of aromatic nitrogens is 1. The number of benzene rings is 1. The molecule has 0 aliphatic carbocycles. The maximum absolute atomic E-state index is 11.4. The van der Waals surface area contributed by atoms with Crippen LogP contribution in [0, 0.1) is 18.3 Å². The van der Waals surface area contributed by atoms with E-state index >= 15 is 0 Å². The quantitative estimate of drug-likeness (QED) is 0.779. The summed E-state index contributed by atoms with van der Waals surface area (Å²) in [5.41, 5.74) is 2.01. The molecule has 4 heteroatoms. The second kappa shape index (κ2) is 4.14. The van der Waals surface area contributed by atoms with Gasteiger partial charge in [-0.25, -0.2) is 0 Å². The second-order valence-electron chi connectivity index (χ2n) is 3.71. The molecule has 84 valence electrons. The Hall–Kier alpha value is -2.54. The summed E-state index contributed by atoms with van der Waals surface area (Å²) in [6.07, 6.45) is 0. The number of aromatic hydroxyl groups is 1. The molecule has 17 heavy (non-hydrogen) atoms. The monoisotopic (exact) mass is 226 g/mol. The van der Waals surface area contributed by atoms with Crippen LogP contribution in [-0.4, -0.2) is 10.1 Å². The molecule has 2 aromatic rings. The van der Waals surface area contributed by atoms with Gasteiger partial charge in [-0.3, -0.25) is 4.79 Å². The largest absolute Gasteiger partial charge is 0.508 e. The zero-order valence-corrected chi connectivity index (χ0v) is 9.19. The van der Waals surface area contributed by atoms with Gasteiger partial charge in [0.05, 0.1) is 0 Å². The summed E-state index contributed by atoms with van der Waals surface area (Å²) in [5.74, 6) is 0.177. The number of phenols is 1. The number of nitriles is 1. The van der Waals surface area contributed by atoms with E-state index in [1.807, 2.05) is 6.07 Å². The van der Waals surface area contributed by atoms with E-state index in [1.165, 1.54) is 0 Å². The summed E-state index contributed by atoms with van der Waals surface area (Å²) in [6, 6.07) is 10.00. The third-order valence-corrected chi connectivity index (χ3v) is 2.54. The first-order valence-electron chi connectivity index (χ1n) is 5.05. The van der Waals surface area contributed by atoms with Gasteiger partial charge < -0.3 is 10.1 Å². The van der Waals surface area contributed by atoms with Crippen LogP contribution in [-0.2, 0) is 0 Å². The van der Waals surface area contributed by atoms with Crippen molar-refractivity contribution in [2.24, 2.45) is 0 Å². The van der Waals surface area contributed by atoms with Crippen molar-refractivity contribution in [3.8, 4) is 22.9 Å². The van der Waals surface area contributed by atoms with Gasteiger partial charge in [-0.2, -0.15) is 5.26 Å². The van der Waals surface area contributed by atoms with Crippen LogP contribution in [0.3, 0.4) is 0 Å². The standard InChI is InChI=1S/C13H10N2O2/c1-8-12(6-10(7-14)13(17)15-8)9-2-4-11(16)5-3-9/h2-6,16H,1H3,(H,15,17). The highest BCUT2D eigenvalue weighted by Gasteiger charge is 2.07. The van der Waals surface area contributed by atoms with Crippen LogP contribution < -0.4 is 5.56 Å². The summed E-state index contributed by atoms with van der Waals surface area (Å²) >= 11 is 0. The van der Waals surface area contributed by atoms with Gasteiger partial charge in [0.2, 0.25) is 0 Å². The number of hydrogen-bond acceptors (Lipinski definition) is 3. The van der Waals surface area contributed by atoms with Gasteiger partial charge in [-0.15, -0.1) is 0 Å². The third kappa shape index (κ3) is 2.04. The lowest BCUT2D eigenvalue weighted by Gasteiger charge is -2.06. The molecular weight excluding hydrogens is 216 g/mol. The molecule has 0 spiro atoms. The van der Waals surface area contributed by atoms with Gasteiger partial charge in [0.15, 0.2) is 0 Å². The fourth-order valence-electron chi connectivity index (χ4n) is 1.65. The molecule has 0 aliphatic rings. The van der Waals surface area contributed by atoms with Crippen LogP contribution in [0.1, 0.15) is 11.3 Å². The molecule has 0 aliphatic heterocycles. The number of rotatable bonds is 1. The van der Waals surface area contributed by atoms with Crippen molar-refractivity contribution in [3.63, 3.8) is 0 Å². The third-order valence-electron chi connectivity index (χ3n) is 2.54. The van der Waals surface area contributed by atoms with Crippen molar-refractivity contribution >= 4 is 0 Å². The minimum Gasteiger partial charge on any atom is -0.508 e. The Balaban J connectivity index is 2.64. The summed E-state index contributed by atoms with van der Waals surface area (Å²) in [4.78, 5) is 14.0. The predicted octanol–water partition coefficient (Wildman–Crippen LogP) is 1.93. The molecule has 0 unspecified atom stereocenters. The molecule has 0 fully saturated rings. The van der Waals surface area contributed by atoms with Crippen molar-refractivity contribution < 1.29 is 5.11 Å². The fourth-order valence-corrected chi connectivity index (χ4v) is 1.65. The van der Waals surface area contributed by atoms with E-state index in [1.54, 1.807) is 37.3 Å². The van der Waals surface area contributed by atoms with E-state index in [-0.39, 0.29) is 16.9 Å². The summed E-state index contributed by atoms with van der Waals surface area (Å²) < 4.78 is 0. The minimum absolute atomic E-state index is 0.0821. The van der Waals surface area contributed by atoms with Crippen molar-refractivity contribution in [2.45, 2.75) is 6.92 Å². The Morgan fingerprint density at radius 1 is 1.29 bits per heavy atom. The average molecular weight is 226 g/mol. The molecule has 0 saturated carbocycles. The highest BCUT2D eigenvalue weighted by atomic mass is 16.3. The summed E-state index contributed by atoms with van der Waals surface area (Å²) in [6.45, 7) is 1.77. The first kappa shape index (κ1) is 11.0. The first-order chi connectivity index (χ1) is 8.11. The molecule has 0 amide bonds. The number of H-pyrrole nitrogens is 1. The van der Waals surface area contributed by atoms with Crippen molar-refractivity contribution in [3.05, 3.63) is 51.9 Å². The van der Waals surface area contributed by atoms with E-state index < -0.39 is 0 Å². The average Bonchev–Trinajstić information content (AvgIpc) is 2.31. The number of phenolic OH excluding ortho intramolecular Hbond substituents is 1. The predicted molar refractivity (Wildman–Crippen MR) is 63.6 cm³/mol. The van der Waals surface area contributed by atoms with Gasteiger partial charge in [0.1, 0.15) is 17.4 Å². The molecule has 1 heterocycles. The maximum atomic E-state index is 11.4. The van der Waals surface area contributed by atoms with Gasteiger partial charge >= 0.3 is 0 Å². The lowest BCUT2D eigenvalue weighted by atomic mass is 10.0. The van der Waals surface area contributed by atoms with Crippen LogP contribution in [0.25, 0.3) is 11.1 Å². The van der Waals surface area contributed by atoms with Crippen LogP contribution in [0.2, 0.25) is 0 Å². The summed E-state index contributed by atoms with van der Waals surface area (Å²) in [5, 5.41) is 18.0. The van der Waals surface area contributed by atoms with E-state index in [0.717, 1.165) is 11.1 Å². The molecule has 0 atom stereocenters. The Kier molecular flexibility index (Phi) is 2.67. The SMILES string of the molecule is Cc1[nH]c(=O)c(C#N)cc1-c1ccc(O)cc1. The summed E-state index contributed by atoms with van der Waals surface area (Å²) in [7, 11) is 0. The fraction of sp³-hybridized carbons (Fsp3) is 0.0769. The van der Waals surface area contributed by atoms with E-state index in [0.29, 0.717) is 5.69 Å². The normalized spacial score (nSPS) is 9.88. The second-order valence-corrected chi connectivity index (χ2v) is 3.71.